The van der Waals surface area contributed by atoms with Crippen molar-refractivity contribution in [2.75, 3.05) is 6.26 Å². The molecule has 0 saturated carbocycles. The molecule has 1 aromatic heterocycles. The first-order valence-electron chi connectivity index (χ1n) is 5.50. The van der Waals surface area contributed by atoms with Crippen molar-refractivity contribution in [1.29, 1.82) is 0 Å². The summed E-state index contributed by atoms with van der Waals surface area (Å²) in [6.07, 6.45) is 4.06. The minimum absolute atomic E-state index is 0.229. The molecule has 0 unspecified atom stereocenters. The third-order valence-corrected chi connectivity index (χ3v) is 3.78. The van der Waals surface area contributed by atoms with Crippen LogP contribution in [-0.4, -0.2) is 24.5 Å². The van der Waals surface area contributed by atoms with E-state index in [1.54, 1.807) is 4.68 Å². The van der Waals surface area contributed by atoms with Gasteiger partial charge in [0.1, 0.15) is 4.90 Å². The molecule has 0 aliphatic carbocycles. The quantitative estimate of drug-likeness (QED) is 0.886. The zero-order chi connectivity index (χ0) is 13.2. The minimum Gasteiger partial charge on any atom is -0.326 e. The maximum absolute atomic E-state index is 11.3. The molecule has 1 aromatic carbocycles. The summed E-state index contributed by atoms with van der Waals surface area (Å²) in [5.74, 6) is 0. The van der Waals surface area contributed by atoms with E-state index < -0.39 is 9.84 Å². The lowest BCUT2D eigenvalue weighted by Crippen LogP contribution is -2.06. The number of sulfone groups is 1. The second-order valence-corrected chi connectivity index (χ2v) is 6.13. The Morgan fingerprint density at radius 1 is 1.28 bits per heavy atom. The molecular weight excluding hydrogens is 250 g/mol. The van der Waals surface area contributed by atoms with Crippen LogP contribution < -0.4 is 5.73 Å². The van der Waals surface area contributed by atoms with Crippen molar-refractivity contribution in [2.45, 2.75) is 18.0 Å². The van der Waals surface area contributed by atoms with Crippen LogP contribution in [-0.2, 0) is 22.9 Å². The van der Waals surface area contributed by atoms with Crippen molar-refractivity contribution in [2.24, 2.45) is 5.73 Å². The zero-order valence-corrected chi connectivity index (χ0v) is 10.9. The van der Waals surface area contributed by atoms with E-state index in [-0.39, 0.29) is 4.90 Å². The zero-order valence-electron chi connectivity index (χ0n) is 10.1. The largest absolute Gasteiger partial charge is 0.326 e. The van der Waals surface area contributed by atoms with Crippen molar-refractivity contribution in [3.05, 3.63) is 47.8 Å². The summed E-state index contributed by atoms with van der Waals surface area (Å²) in [6.45, 7) is 0.971. The van der Waals surface area contributed by atoms with E-state index in [9.17, 15) is 8.42 Å². The molecule has 5 nitrogen and oxygen atoms in total. The number of rotatable bonds is 4. The number of aromatic nitrogens is 2. The highest BCUT2D eigenvalue weighted by molar-refractivity contribution is 7.90. The van der Waals surface area contributed by atoms with Gasteiger partial charge in [-0.05, 0) is 11.1 Å². The first-order chi connectivity index (χ1) is 8.50. The fourth-order valence-electron chi connectivity index (χ4n) is 1.71. The summed E-state index contributed by atoms with van der Waals surface area (Å²) in [4.78, 5) is 0.229. The molecule has 0 saturated heterocycles. The Kier molecular flexibility index (Phi) is 3.49. The molecule has 0 fully saturated rings. The highest BCUT2D eigenvalue weighted by Crippen LogP contribution is 2.12. The molecule has 2 aromatic rings. The van der Waals surface area contributed by atoms with E-state index >= 15 is 0 Å². The van der Waals surface area contributed by atoms with E-state index in [1.807, 2.05) is 24.3 Å². The molecule has 0 amide bonds. The monoisotopic (exact) mass is 265 g/mol. The van der Waals surface area contributed by atoms with E-state index in [0.29, 0.717) is 13.1 Å². The maximum atomic E-state index is 11.3. The van der Waals surface area contributed by atoms with Gasteiger partial charge in [-0.15, -0.1) is 0 Å². The van der Waals surface area contributed by atoms with E-state index in [2.05, 4.69) is 5.10 Å². The second kappa shape index (κ2) is 4.91. The van der Waals surface area contributed by atoms with Gasteiger partial charge in [-0.1, -0.05) is 24.3 Å². The normalized spacial score (nSPS) is 11.7. The van der Waals surface area contributed by atoms with E-state index in [1.165, 1.54) is 18.6 Å². The van der Waals surface area contributed by atoms with Gasteiger partial charge >= 0.3 is 0 Å². The van der Waals surface area contributed by atoms with Crippen LogP contribution in [0.5, 0.6) is 0 Å². The molecule has 0 spiro atoms. The van der Waals surface area contributed by atoms with Crippen molar-refractivity contribution in [1.82, 2.24) is 9.78 Å². The summed E-state index contributed by atoms with van der Waals surface area (Å²) in [6, 6.07) is 7.77. The Labute approximate surface area is 106 Å². The lowest BCUT2D eigenvalue weighted by molar-refractivity contribution is 0.601. The number of hydrogen-bond donors (Lipinski definition) is 1. The van der Waals surface area contributed by atoms with Gasteiger partial charge in [0.15, 0.2) is 9.84 Å². The molecule has 0 aliphatic heterocycles. The van der Waals surface area contributed by atoms with Gasteiger partial charge in [0, 0.05) is 19.0 Å². The summed E-state index contributed by atoms with van der Waals surface area (Å²) in [5.41, 5.74) is 7.73. The first-order valence-corrected chi connectivity index (χ1v) is 7.39. The standard InChI is InChI=1S/C12H15N3O2S/c1-18(16,17)12-7-14-15(9-12)8-11-5-3-2-4-10(11)6-13/h2-5,7,9H,6,8,13H2,1H3. The average molecular weight is 265 g/mol. The maximum Gasteiger partial charge on any atom is 0.178 e. The Hall–Kier alpha value is -1.66. The van der Waals surface area contributed by atoms with Crippen LogP contribution in [0.3, 0.4) is 0 Å². The summed E-state index contributed by atoms with van der Waals surface area (Å²) >= 11 is 0. The number of nitrogens with two attached hydrogens (primary N) is 1. The molecule has 1 heterocycles. The van der Waals surface area contributed by atoms with E-state index in [0.717, 1.165) is 11.1 Å². The fraction of sp³-hybridized carbons (Fsp3) is 0.250. The van der Waals surface area contributed by atoms with Gasteiger partial charge in [-0.3, -0.25) is 4.68 Å². The molecule has 0 bridgehead atoms. The predicted octanol–water partition coefficient (Wildman–Crippen LogP) is 0.794. The summed E-state index contributed by atoms with van der Waals surface area (Å²) in [7, 11) is -3.20. The van der Waals surface area contributed by atoms with Crippen molar-refractivity contribution >= 4 is 9.84 Å². The smallest absolute Gasteiger partial charge is 0.178 e. The third-order valence-electron chi connectivity index (χ3n) is 2.71. The van der Waals surface area contributed by atoms with Gasteiger partial charge in [0.2, 0.25) is 0 Å². The summed E-state index contributed by atoms with van der Waals surface area (Å²) < 4.78 is 24.3. The third kappa shape index (κ3) is 2.77. The van der Waals surface area contributed by atoms with Crippen LogP contribution in [0.1, 0.15) is 11.1 Å². The van der Waals surface area contributed by atoms with E-state index in [4.69, 9.17) is 5.73 Å². The second-order valence-electron chi connectivity index (χ2n) is 4.12. The van der Waals surface area contributed by atoms with Gasteiger partial charge in [-0.25, -0.2) is 8.42 Å². The molecule has 2 rings (SSSR count). The number of benzene rings is 1. The highest BCUT2D eigenvalue weighted by atomic mass is 32.2. The van der Waals surface area contributed by atoms with Crippen molar-refractivity contribution < 1.29 is 8.42 Å². The highest BCUT2D eigenvalue weighted by Gasteiger charge is 2.10. The lowest BCUT2D eigenvalue weighted by atomic mass is 10.1. The van der Waals surface area contributed by atoms with Crippen molar-refractivity contribution in [3.63, 3.8) is 0 Å². The van der Waals surface area contributed by atoms with Crippen LogP contribution in [0.25, 0.3) is 0 Å². The average Bonchev–Trinajstić information content (AvgIpc) is 2.78. The van der Waals surface area contributed by atoms with Crippen LogP contribution >= 0.6 is 0 Å². The minimum atomic E-state index is -3.20. The SMILES string of the molecule is CS(=O)(=O)c1cnn(Cc2ccccc2CN)c1. The molecule has 0 aliphatic rings. The number of hydrogen-bond acceptors (Lipinski definition) is 4. The molecule has 0 atom stereocenters. The Morgan fingerprint density at radius 2 is 1.94 bits per heavy atom. The Balaban J connectivity index is 2.27. The van der Waals surface area contributed by atoms with Crippen LogP contribution in [0.4, 0.5) is 0 Å². The summed E-state index contributed by atoms with van der Waals surface area (Å²) in [5, 5.41) is 4.05. The molecule has 2 N–H and O–H groups in total. The first kappa shape index (κ1) is 12.8. The molecule has 0 radical (unpaired) electrons. The van der Waals surface area contributed by atoms with Gasteiger partial charge in [0.25, 0.3) is 0 Å². The lowest BCUT2D eigenvalue weighted by Gasteiger charge is -2.07. The van der Waals surface area contributed by atoms with Gasteiger partial charge in [0.05, 0.1) is 12.7 Å². The van der Waals surface area contributed by atoms with Crippen LogP contribution in [0, 0.1) is 0 Å². The number of nitrogens with zero attached hydrogens (tertiary/aromatic N) is 2. The van der Waals surface area contributed by atoms with Crippen molar-refractivity contribution in [3.8, 4) is 0 Å². The fourth-order valence-corrected chi connectivity index (χ4v) is 2.26. The molecule has 18 heavy (non-hydrogen) atoms. The Bertz CT molecular complexity index is 647. The topological polar surface area (TPSA) is 78.0 Å². The van der Waals surface area contributed by atoms with Gasteiger partial charge < -0.3 is 5.73 Å². The van der Waals surface area contributed by atoms with Crippen LogP contribution in [0.2, 0.25) is 0 Å². The van der Waals surface area contributed by atoms with Gasteiger partial charge in [-0.2, -0.15) is 5.10 Å². The predicted molar refractivity (Wildman–Crippen MR) is 68.8 cm³/mol. The van der Waals surface area contributed by atoms with Crippen LogP contribution in [0.15, 0.2) is 41.6 Å². The molecule has 6 heteroatoms. The molecular formula is C12H15N3O2S. The molecule has 96 valence electrons. The Morgan fingerprint density at radius 3 is 2.50 bits per heavy atom.